The number of hydrogen-bond donors (Lipinski definition) is 1. The van der Waals surface area contributed by atoms with Gasteiger partial charge in [0.2, 0.25) is 0 Å². The fourth-order valence-corrected chi connectivity index (χ4v) is 0.820. The Morgan fingerprint density at radius 1 is 1.31 bits per heavy atom. The predicted molar refractivity (Wildman–Crippen MR) is 43.4 cm³/mol. The van der Waals surface area contributed by atoms with Crippen molar-refractivity contribution in [2.45, 2.75) is 0 Å². The van der Waals surface area contributed by atoms with Crippen molar-refractivity contribution in [3.8, 4) is 0 Å². The zero-order valence-electron chi connectivity index (χ0n) is 6.50. The van der Waals surface area contributed by atoms with Gasteiger partial charge >= 0.3 is 0 Å². The summed E-state index contributed by atoms with van der Waals surface area (Å²) in [6.45, 7) is 0. The predicted octanol–water partition coefficient (Wildman–Crippen LogP) is 1.09. The van der Waals surface area contributed by atoms with Gasteiger partial charge in [-0.3, -0.25) is 4.79 Å². The van der Waals surface area contributed by atoms with Crippen LogP contribution in [-0.4, -0.2) is 12.2 Å². The van der Waals surface area contributed by atoms with Crippen LogP contribution >= 0.6 is 0 Å². The molecule has 0 saturated heterocycles. The summed E-state index contributed by atoms with van der Waals surface area (Å²) in [5.41, 5.74) is 4.68. The van der Waals surface area contributed by atoms with Crippen molar-refractivity contribution in [2.75, 3.05) is 0 Å². The summed E-state index contributed by atoms with van der Waals surface area (Å²) in [6.07, 6.45) is 0.769. The zero-order valence-corrected chi connectivity index (χ0v) is 6.50. The van der Waals surface area contributed by atoms with E-state index in [1.54, 1.807) is 0 Å². The lowest BCUT2D eigenvalue weighted by molar-refractivity contribution is 0.100. The van der Waals surface area contributed by atoms with E-state index in [0.717, 1.165) is 18.5 Å². The Morgan fingerprint density at radius 2 is 1.85 bits per heavy atom. The van der Waals surface area contributed by atoms with Gasteiger partial charge in [-0.15, -0.1) is 0 Å². The van der Waals surface area contributed by atoms with E-state index in [0.29, 0.717) is 6.07 Å². The van der Waals surface area contributed by atoms with Gasteiger partial charge in [0, 0.05) is 11.6 Å². The van der Waals surface area contributed by atoms with Crippen LogP contribution in [-0.2, 0) is 0 Å². The average molecular weight is 184 g/mol. The van der Waals surface area contributed by atoms with Crippen LogP contribution in [0.5, 0.6) is 0 Å². The first-order valence-electron chi connectivity index (χ1n) is 3.38. The minimum absolute atomic E-state index is 0.167. The molecule has 0 atom stereocenters. The number of carbonyl (C=O) groups excluding carboxylic acids is 1. The summed E-state index contributed by atoms with van der Waals surface area (Å²) in [4.78, 5) is 14.1. The van der Waals surface area contributed by atoms with Crippen LogP contribution in [0.4, 0.5) is 8.78 Å². The van der Waals surface area contributed by atoms with E-state index < -0.39 is 17.5 Å². The molecule has 0 unspecified atom stereocenters. The summed E-state index contributed by atoms with van der Waals surface area (Å²) in [7, 11) is 0. The lowest BCUT2D eigenvalue weighted by Crippen LogP contribution is -2.00. The van der Waals surface area contributed by atoms with E-state index in [1.165, 1.54) is 0 Å². The summed E-state index contributed by atoms with van der Waals surface area (Å²) >= 11 is 0. The number of halogens is 2. The van der Waals surface area contributed by atoms with Crippen LogP contribution in [0.1, 0.15) is 10.4 Å². The normalized spacial score (nSPS) is 10.6. The van der Waals surface area contributed by atoms with E-state index in [-0.39, 0.29) is 5.56 Å². The van der Waals surface area contributed by atoms with Crippen LogP contribution in [0.25, 0.3) is 0 Å². The van der Waals surface area contributed by atoms with E-state index >= 15 is 0 Å². The topological polar surface area (TPSA) is 55.4 Å². The first kappa shape index (κ1) is 9.31. The second-order valence-corrected chi connectivity index (χ2v) is 2.24. The van der Waals surface area contributed by atoms with Crippen molar-refractivity contribution in [2.24, 2.45) is 10.7 Å². The molecular formula is C8H6F2N2O. The number of carbonyl (C=O) groups is 1. The highest BCUT2D eigenvalue weighted by molar-refractivity contribution is 5.98. The van der Waals surface area contributed by atoms with Gasteiger partial charge in [0.1, 0.15) is 11.6 Å². The maximum absolute atomic E-state index is 12.6. The highest BCUT2D eigenvalue weighted by atomic mass is 19.1. The summed E-state index contributed by atoms with van der Waals surface area (Å²) in [5, 5.41) is 0. The highest BCUT2D eigenvalue weighted by Gasteiger charge is 2.06. The smallest absolute Gasteiger partial charge is 0.278 e. The highest BCUT2D eigenvalue weighted by Crippen LogP contribution is 2.08. The van der Waals surface area contributed by atoms with Crippen molar-refractivity contribution < 1.29 is 13.6 Å². The van der Waals surface area contributed by atoms with Crippen LogP contribution in [0.2, 0.25) is 0 Å². The Kier molecular flexibility index (Phi) is 2.69. The molecule has 0 fully saturated rings. The molecule has 1 aromatic carbocycles. The number of aliphatic imine (C=N–C) groups is 1. The third-order valence-corrected chi connectivity index (χ3v) is 1.30. The van der Waals surface area contributed by atoms with Gasteiger partial charge in [0.25, 0.3) is 5.91 Å². The number of benzene rings is 1. The molecule has 0 aliphatic heterocycles. The Hall–Kier alpha value is -1.78. The van der Waals surface area contributed by atoms with Crippen LogP contribution in [0, 0.1) is 11.6 Å². The third-order valence-electron chi connectivity index (χ3n) is 1.30. The Bertz CT molecular complexity index is 343. The molecule has 68 valence electrons. The van der Waals surface area contributed by atoms with Crippen LogP contribution in [0.15, 0.2) is 23.2 Å². The number of nitrogens with two attached hydrogens (primary N) is 1. The van der Waals surface area contributed by atoms with E-state index in [9.17, 15) is 13.6 Å². The van der Waals surface area contributed by atoms with Crippen LogP contribution in [0.3, 0.4) is 0 Å². The molecule has 0 spiro atoms. The van der Waals surface area contributed by atoms with Gasteiger partial charge in [-0.2, -0.15) is 4.99 Å². The molecular weight excluding hydrogens is 178 g/mol. The molecule has 1 amide bonds. The van der Waals surface area contributed by atoms with Crippen LogP contribution < -0.4 is 5.73 Å². The minimum Gasteiger partial charge on any atom is -0.390 e. The number of rotatable bonds is 1. The van der Waals surface area contributed by atoms with Crippen molar-refractivity contribution in [1.82, 2.24) is 0 Å². The molecule has 0 radical (unpaired) electrons. The Morgan fingerprint density at radius 3 is 2.31 bits per heavy atom. The number of nitrogens with zero attached hydrogens (tertiary/aromatic N) is 1. The van der Waals surface area contributed by atoms with Crippen molar-refractivity contribution in [3.05, 3.63) is 35.4 Å². The van der Waals surface area contributed by atoms with Gasteiger partial charge in [-0.05, 0) is 12.1 Å². The molecule has 0 aliphatic rings. The van der Waals surface area contributed by atoms with Gasteiger partial charge < -0.3 is 5.73 Å². The summed E-state index contributed by atoms with van der Waals surface area (Å²) in [5.74, 6) is -2.42. The van der Waals surface area contributed by atoms with E-state index in [4.69, 9.17) is 5.73 Å². The minimum atomic E-state index is -0.824. The first-order valence-corrected chi connectivity index (χ1v) is 3.38. The first-order chi connectivity index (χ1) is 6.13. The van der Waals surface area contributed by atoms with Gasteiger partial charge in [-0.1, -0.05) is 0 Å². The maximum atomic E-state index is 12.6. The molecule has 3 nitrogen and oxygen atoms in total. The van der Waals surface area contributed by atoms with Crippen molar-refractivity contribution in [3.63, 3.8) is 0 Å². The molecule has 0 bridgehead atoms. The molecule has 1 aromatic rings. The van der Waals surface area contributed by atoms with E-state index in [2.05, 4.69) is 4.99 Å². The molecule has 2 N–H and O–H groups in total. The van der Waals surface area contributed by atoms with Gasteiger partial charge in [-0.25, -0.2) is 8.78 Å². The fourth-order valence-electron chi connectivity index (χ4n) is 0.820. The molecule has 0 heterocycles. The second kappa shape index (κ2) is 3.75. The molecule has 5 heteroatoms. The van der Waals surface area contributed by atoms with Crippen molar-refractivity contribution >= 4 is 12.2 Å². The SMILES string of the molecule is NC=NC(=O)c1cc(F)cc(F)c1. The quantitative estimate of drug-likeness (QED) is 0.524. The third kappa shape index (κ3) is 2.33. The molecule has 1 rings (SSSR count). The standard InChI is InChI=1S/C8H6F2N2O/c9-6-1-5(2-7(10)3-6)8(13)12-4-11/h1-4H,(H2,11,12,13). The molecule has 13 heavy (non-hydrogen) atoms. The molecule has 0 aromatic heterocycles. The summed E-state index contributed by atoms with van der Waals surface area (Å²) < 4.78 is 25.1. The zero-order chi connectivity index (χ0) is 9.84. The van der Waals surface area contributed by atoms with Gasteiger partial charge in [0.15, 0.2) is 0 Å². The second-order valence-electron chi connectivity index (χ2n) is 2.24. The van der Waals surface area contributed by atoms with E-state index in [1.807, 2.05) is 0 Å². The number of hydrogen-bond acceptors (Lipinski definition) is 1. The Balaban J connectivity index is 3.08. The maximum Gasteiger partial charge on any atom is 0.278 e. The summed E-state index contributed by atoms with van der Waals surface area (Å²) in [6, 6.07) is 2.44. The number of amides is 1. The Labute approximate surface area is 72.9 Å². The monoisotopic (exact) mass is 184 g/mol. The lowest BCUT2D eigenvalue weighted by Gasteiger charge is -1.95. The average Bonchev–Trinajstić information content (AvgIpc) is 2.03. The van der Waals surface area contributed by atoms with Crippen molar-refractivity contribution in [1.29, 1.82) is 0 Å². The van der Waals surface area contributed by atoms with Gasteiger partial charge in [0.05, 0.1) is 6.34 Å². The lowest BCUT2D eigenvalue weighted by atomic mass is 10.2. The molecule has 0 saturated carbocycles. The molecule has 0 aliphatic carbocycles. The largest absolute Gasteiger partial charge is 0.390 e. The fraction of sp³-hybridized carbons (Fsp3) is 0.